The molecule has 0 saturated carbocycles. The molecular weight excluding hydrogens is 284 g/mol. The maximum Gasteiger partial charge on any atom is 0.261 e. The van der Waals surface area contributed by atoms with Crippen LogP contribution in [0, 0.1) is 6.92 Å². The summed E-state index contributed by atoms with van der Waals surface area (Å²) in [5.74, 6) is -0.446. The van der Waals surface area contributed by atoms with E-state index in [2.05, 4.69) is 15.4 Å². The molecule has 1 saturated heterocycles. The summed E-state index contributed by atoms with van der Waals surface area (Å²) >= 11 is 0. The summed E-state index contributed by atoms with van der Waals surface area (Å²) < 4.78 is 7.29. The molecule has 1 atom stereocenters. The number of aromatic amines is 1. The zero-order valence-corrected chi connectivity index (χ0v) is 12.3. The van der Waals surface area contributed by atoms with Gasteiger partial charge in [0.1, 0.15) is 5.56 Å². The van der Waals surface area contributed by atoms with E-state index < -0.39 is 11.5 Å². The molecule has 3 rings (SSSR count). The first-order chi connectivity index (χ1) is 10.6. The van der Waals surface area contributed by atoms with Crippen LogP contribution in [-0.2, 0) is 11.3 Å². The van der Waals surface area contributed by atoms with Crippen LogP contribution in [-0.4, -0.2) is 33.4 Å². The molecule has 1 aliphatic heterocycles. The predicted molar refractivity (Wildman–Crippen MR) is 81.0 cm³/mol. The Kier molecular flexibility index (Phi) is 4.06. The van der Waals surface area contributed by atoms with E-state index in [4.69, 9.17) is 4.74 Å². The third-order valence-corrected chi connectivity index (χ3v) is 3.61. The van der Waals surface area contributed by atoms with E-state index >= 15 is 0 Å². The van der Waals surface area contributed by atoms with E-state index in [1.165, 1.54) is 6.07 Å². The number of ether oxygens (including phenoxy) is 1. The lowest BCUT2D eigenvalue weighted by atomic mass is 10.2. The lowest BCUT2D eigenvalue weighted by Crippen LogP contribution is -2.23. The number of carbonyl (C=O) groups excluding carboxylic acids is 1. The zero-order valence-electron chi connectivity index (χ0n) is 12.3. The molecular formula is C15H18N4O3. The monoisotopic (exact) mass is 302 g/mol. The van der Waals surface area contributed by atoms with Gasteiger partial charge in [0.05, 0.1) is 24.5 Å². The van der Waals surface area contributed by atoms with E-state index in [1.807, 2.05) is 0 Å². The van der Waals surface area contributed by atoms with Crippen molar-refractivity contribution in [2.24, 2.45) is 0 Å². The van der Waals surface area contributed by atoms with Crippen molar-refractivity contribution in [1.29, 1.82) is 0 Å². The van der Waals surface area contributed by atoms with Crippen LogP contribution in [0.1, 0.15) is 28.9 Å². The number of nitrogens with one attached hydrogen (secondary N) is 2. The fourth-order valence-electron chi connectivity index (χ4n) is 2.47. The quantitative estimate of drug-likeness (QED) is 0.891. The second kappa shape index (κ2) is 6.15. The molecule has 3 heterocycles. The smallest absolute Gasteiger partial charge is 0.261 e. The number of hydrogen-bond acceptors (Lipinski definition) is 4. The highest BCUT2D eigenvalue weighted by molar-refractivity contribution is 6.03. The number of nitrogens with zero attached hydrogens (tertiary/aromatic N) is 2. The molecule has 2 aromatic rings. The molecule has 0 aromatic carbocycles. The molecule has 1 unspecified atom stereocenters. The Bertz CT molecular complexity index is 728. The standard InChI is InChI=1S/C15H18N4O3/c1-10-4-5-13(14(20)17-10)15(21)18-11-7-16-19(8-11)9-12-3-2-6-22-12/h4-5,7-8,12H,2-3,6,9H2,1H3,(H,17,20)(H,18,21). The van der Waals surface area contributed by atoms with Crippen LogP contribution < -0.4 is 10.9 Å². The Morgan fingerprint density at radius 2 is 2.41 bits per heavy atom. The third-order valence-electron chi connectivity index (χ3n) is 3.61. The van der Waals surface area contributed by atoms with Crippen LogP contribution in [0.15, 0.2) is 29.3 Å². The summed E-state index contributed by atoms with van der Waals surface area (Å²) in [5.41, 5.74) is 0.954. The van der Waals surface area contributed by atoms with Gasteiger partial charge in [-0.2, -0.15) is 5.10 Å². The summed E-state index contributed by atoms with van der Waals surface area (Å²) in [7, 11) is 0. The fraction of sp³-hybridized carbons (Fsp3) is 0.400. The number of H-pyrrole nitrogens is 1. The van der Waals surface area contributed by atoms with Crippen molar-refractivity contribution in [1.82, 2.24) is 14.8 Å². The minimum atomic E-state index is -0.446. The second-order valence-corrected chi connectivity index (χ2v) is 5.42. The number of aryl methyl sites for hydroxylation is 1. The molecule has 7 heteroatoms. The van der Waals surface area contributed by atoms with Crippen molar-refractivity contribution in [2.75, 3.05) is 11.9 Å². The first-order valence-electron chi connectivity index (χ1n) is 7.27. The highest BCUT2D eigenvalue weighted by Crippen LogP contribution is 2.15. The topological polar surface area (TPSA) is 89.0 Å². The minimum Gasteiger partial charge on any atom is -0.376 e. The Labute approximate surface area is 127 Å². The van der Waals surface area contributed by atoms with Gasteiger partial charge in [0.15, 0.2) is 0 Å². The van der Waals surface area contributed by atoms with Crippen molar-refractivity contribution < 1.29 is 9.53 Å². The van der Waals surface area contributed by atoms with Gasteiger partial charge in [0.25, 0.3) is 11.5 Å². The summed E-state index contributed by atoms with van der Waals surface area (Å²) in [5, 5.41) is 6.88. The van der Waals surface area contributed by atoms with Crippen molar-refractivity contribution in [3.8, 4) is 0 Å². The van der Waals surface area contributed by atoms with E-state index in [-0.39, 0.29) is 11.7 Å². The molecule has 22 heavy (non-hydrogen) atoms. The van der Waals surface area contributed by atoms with Crippen LogP contribution in [0.25, 0.3) is 0 Å². The molecule has 0 aliphatic carbocycles. The van der Waals surface area contributed by atoms with Gasteiger partial charge >= 0.3 is 0 Å². The molecule has 1 amide bonds. The predicted octanol–water partition coefficient (Wildman–Crippen LogP) is 1.31. The van der Waals surface area contributed by atoms with Gasteiger partial charge in [-0.05, 0) is 31.9 Å². The number of carbonyl (C=O) groups is 1. The van der Waals surface area contributed by atoms with Gasteiger partial charge < -0.3 is 15.0 Å². The van der Waals surface area contributed by atoms with Gasteiger partial charge in [-0.25, -0.2) is 0 Å². The number of pyridine rings is 1. The maximum atomic E-state index is 12.1. The van der Waals surface area contributed by atoms with Crippen LogP contribution in [0.5, 0.6) is 0 Å². The zero-order chi connectivity index (χ0) is 15.5. The number of rotatable bonds is 4. The molecule has 0 bridgehead atoms. The second-order valence-electron chi connectivity index (χ2n) is 5.42. The van der Waals surface area contributed by atoms with Crippen LogP contribution in [0.2, 0.25) is 0 Å². The van der Waals surface area contributed by atoms with Crippen LogP contribution in [0.4, 0.5) is 5.69 Å². The molecule has 2 aromatic heterocycles. The summed E-state index contributed by atoms with van der Waals surface area (Å²) in [6.07, 6.45) is 5.59. The molecule has 116 valence electrons. The minimum absolute atomic E-state index is 0.0810. The largest absolute Gasteiger partial charge is 0.376 e. The van der Waals surface area contributed by atoms with Gasteiger partial charge in [-0.15, -0.1) is 0 Å². The van der Waals surface area contributed by atoms with Crippen LogP contribution >= 0.6 is 0 Å². The SMILES string of the molecule is Cc1ccc(C(=O)Nc2cnn(CC3CCCO3)c2)c(=O)[nH]1. The highest BCUT2D eigenvalue weighted by Gasteiger charge is 2.17. The van der Waals surface area contributed by atoms with Gasteiger partial charge in [-0.3, -0.25) is 14.3 Å². The van der Waals surface area contributed by atoms with Crippen molar-refractivity contribution >= 4 is 11.6 Å². The first kappa shape index (κ1) is 14.5. The molecule has 2 N–H and O–H groups in total. The van der Waals surface area contributed by atoms with E-state index in [0.29, 0.717) is 17.9 Å². The van der Waals surface area contributed by atoms with Crippen molar-refractivity contribution in [2.45, 2.75) is 32.4 Å². The summed E-state index contributed by atoms with van der Waals surface area (Å²) in [4.78, 5) is 26.5. The normalized spacial score (nSPS) is 17.6. The van der Waals surface area contributed by atoms with Gasteiger partial charge in [0, 0.05) is 18.5 Å². The van der Waals surface area contributed by atoms with E-state index in [9.17, 15) is 9.59 Å². The number of aromatic nitrogens is 3. The highest BCUT2D eigenvalue weighted by atomic mass is 16.5. The van der Waals surface area contributed by atoms with Crippen molar-refractivity contribution in [3.05, 3.63) is 46.1 Å². The fourth-order valence-corrected chi connectivity index (χ4v) is 2.47. The van der Waals surface area contributed by atoms with E-state index in [1.54, 1.807) is 30.1 Å². The Morgan fingerprint density at radius 3 is 3.14 bits per heavy atom. The van der Waals surface area contributed by atoms with Crippen LogP contribution in [0.3, 0.4) is 0 Å². The lowest BCUT2D eigenvalue weighted by molar-refractivity contribution is 0.0940. The molecule has 0 radical (unpaired) electrons. The average molecular weight is 302 g/mol. The number of hydrogen-bond donors (Lipinski definition) is 2. The average Bonchev–Trinajstić information content (AvgIpc) is 3.11. The lowest BCUT2D eigenvalue weighted by Gasteiger charge is -2.08. The molecule has 1 fully saturated rings. The molecule has 0 spiro atoms. The third kappa shape index (κ3) is 3.25. The number of anilines is 1. The van der Waals surface area contributed by atoms with Gasteiger partial charge in [0.2, 0.25) is 0 Å². The molecule has 1 aliphatic rings. The molecule has 7 nitrogen and oxygen atoms in total. The summed E-state index contributed by atoms with van der Waals surface area (Å²) in [6.45, 7) is 3.23. The Hall–Kier alpha value is -2.41. The Balaban J connectivity index is 1.66. The maximum absolute atomic E-state index is 12.1. The first-order valence-corrected chi connectivity index (χ1v) is 7.27. The number of amides is 1. The van der Waals surface area contributed by atoms with Gasteiger partial charge in [-0.1, -0.05) is 0 Å². The Morgan fingerprint density at radius 1 is 1.55 bits per heavy atom. The summed E-state index contributed by atoms with van der Waals surface area (Å²) in [6, 6.07) is 3.21. The van der Waals surface area contributed by atoms with Crippen molar-refractivity contribution in [3.63, 3.8) is 0 Å². The van der Waals surface area contributed by atoms with E-state index in [0.717, 1.165) is 19.4 Å².